The second-order valence-corrected chi connectivity index (χ2v) is 5.48. The summed E-state index contributed by atoms with van der Waals surface area (Å²) in [6.45, 7) is -0.122. The first-order chi connectivity index (χ1) is 12.1. The summed E-state index contributed by atoms with van der Waals surface area (Å²) in [7, 11) is 0. The van der Waals surface area contributed by atoms with Crippen molar-refractivity contribution in [2.75, 3.05) is 6.54 Å². The first-order valence-electron chi connectivity index (χ1n) is 7.62. The molecule has 126 valence electrons. The van der Waals surface area contributed by atoms with Gasteiger partial charge in [-0.05, 0) is 17.7 Å². The molecule has 0 saturated carbocycles. The van der Waals surface area contributed by atoms with Crippen LogP contribution in [-0.2, 0) is 9.59 Å². The van der Waals surface area contributed by atoms with Crippen molar-refractivity contribution >= 4 is 24.1 Å². The minimum atomic E-state index is -0.809. The van der Waals surface area contributed by atoms with Gasteiger partial charge in [0.2, 0.25) is 12.3 Å². The van der Waals surface area contributed by atoms with Crippen molar-refractivity contribution in [3.8, 4) is 0 Å². The van der Waals surface area contributed by atoms with Gasteiger partial charge in [-0.3, -0.25) is 34.9 Å². The van der Waals surface area contributed by atoms with E-state index in [9.17, 15) is 19.2 Å². The number of nitrogens with one attached hydrogen (secondary N) is 2. The van der Waals surface area contributed by atoms with Crippen LogP contribution in [0.5, 0.6) is 0 Å². The van der Waals surface area contributed by atoms with E-state index >= 15 is 0 Å². The number of amides is 4. The minimum absolute atomic E-state index is 0.122. The summed E-state index contributed by atoms with van der Waals surface area (Å²) >= 11 is 0. The Balaban J connectivity index is 1.89. The van der Waals surface area contributed by atoms with Gasteiger partial charge >= 0.3 is 0 Å². The van der Waals surface area contributed by atoms with Gasteiger partial charge in [0.25, 0.3) is 11.8 Å². The summed E-state index contributed by atoms with van der Waals surface area (Å²) in [4.78, 5) is 48.9. The molecule has 2 aromatic rings. The van der Waals surface area contributed by atoms with Crippen LogP contribution in [0.2, 0.25) is 0 Å². The Morgan fingerprint density at radius 1 is 0.960 bits per heavy atom. The number of nitrogens with zero attached hydrogens (tertiary/aromatic N) is 1. The number of carbonyl (C=O) groups is 4. The number of fused-ring (bicyclic) bond motifs is 1. The lowest BCUT2D eigenvalue weighted by atomic mass is 9.97. The smallest absolute Gasteiger partial charge is 0.261 e. The molecular formula is C18H15N3O4. The Bertz CT molecular complexity index is 800. The molecule has 0 aromatic heterocycles. The highest BCUT2D eigenvalue weighted by Gasteiger charge is 2.38. The summed E-state index contributed by atoms with van der Waals surface area (Å²) in [6.07, 6.45) is 0.335. The van der Waals surface area contributed by atoms with E-state index in [1.54, 1.807) is 54.6 Å². The van der Waals surface area contributed by atoms with Gasteiger partial charge in [0.05, 0.1) is 17.0 Å². The third-order valence-electron chi connectivity index (χ3n) is 4.02. The second-order valence-electron chi connectivity index (χ2n) is 5.48. The SMILES string of the molecule is O=CNNC(=O)C(CN1C(=O)c2ccccc2C1=O)c1ccccc1. The number of hydrogen-bond donors (Lipinski definition) is 2. The molecular weight excluding hydrogens is 322 g/mol. The zero-order valence-electron chi connectivity index (χ0n) is 13.1. The highest BCUT2D eigenvalue weighted by Crippen LogP contribution is 2.26. The summed E-state index contributed by atoms with van der Waals surface area (Å²) in [6, 6.07) is 15.3. The molecule has 1 unspecified atom stereocenters. The van der Waals surface area contributed by atoms with Crippen LogP contribution in [0.4, 0.5) is 0 Å². The van der Waals surface area contributed by atoms with E-state index in [1.165, 1.54) is 0 Å². The number of hydrogen-bond acceptors (Lipinski definition) is 4. The van der Waals surface area contributed by atoms with Gasteiger partial charge in [-0.1, -0.05) is 42.5 Å². The van der Waals surface area contributed by atoms with Crippen molar-refractivity contribution in [3.05, 3.63) is 71.3 Å². The van der Waals surface area contributed by atoms with E-state index in [-0.39, 0.29) is 6.54 Å². The molecule has 7 heteroatoms. The van der Waals surface area contributed by atoms with Gasteiger partial charge in [0.15, 0.2) is 0 Å². The number of benzene rings is 2. The van der Waals surface area contributed by atoms with E-state index in [4.69, 9.17) is 0 Å². The third kappa shape index (κ3) is 3.12. The van der Waals surface area contributed by atoms with Gasteiger partial charge in [-0.25, -0.2) is 0 Å². The predicted octanol–water partition coefficient (Wildman–Crippen LogP) is 0.844. The van der Waals surface area contributed by atoms with Gasteiger partial charge in [0.1, 0.15) is 0 Å². The molecule has 1 heterocycles. The number of rotatable bonds is 6. The Morgan fingerprint density at radius 2 is 1.52 bits per heavy atom. The van der Waals surface area contributed by atoms with Crippen molar-refractivity contribution in [2.24, 2.45) is 0 Å². The van der Waals surface area contributed by atoms with Gasteiger partial charge in [-0.15, -0.1) is 0 Å². The lowest BCUT2D eigenvalue weighted by Crippen LogP contribution is -2.44. The molecule has 0 saturated heterocycles. The van der Waals surface area contributed by atoms with Crippen molar-refractivity contribution in [1.82, 2.24) is 15.8 Å². The van der Waals surface area contributed by atoms with E-state index in [1.807, 2.05) is 0 Å². The van der Waals surface area contributed by atoms with Crippen LogP contribution in [0.3, 0.4) is 0 Å². The summed E-state index contributed by atoms with van der Waals surface area (Å²) in [5, 5.41) is 0. The van der Waals surface area contributed by atoms with E-state index in [2.05, 4.69) is 10.9 Å². The summed E-state index contributed by atoms with van der Waals surface area (Å²) in [5.41, 5.74) is 5.62. The molecule has 7 nitrogen and oxygen atoms in total. The van der Waals surface area contributed by atoms with E-state index < -0.39 is 23.6 Å². The topological polar surface area (TPSA) is 95.6 Å². The molecule has 2 N–H and O–H groups in total. The standard InChI is InChI=1S/C18H15N3O4/c22-11-19-20-16(23)15(12-6-2-1-3-7-12)10-21-17(24)13-8-4-5-9-14(13)18(21)25/h1-9,11,15H,10H2,(H,19,22)(H,20,23). The minimum Gasteiger partial charge on any atom is -0.277 e. The van der Waals surface area contributed by atoms with Crippen molar-refractivity contribution in [1.29, 1.82) is 0 Å². The van der Waals surface area contributed by atoms with Crippen LogP contribution in [0.15, 0.2) is 54.6 Å². The van der Waals surface area contributed by atoms with Crippen LogP contribution < -0.4 is 10.9 Å². The van der Waals surface area contributed by atoms with Crippen LogP contribution >= 0.6 is 0 Å². The number of imide groups is 1. The highest BCUT2D eigenvalue weighted by atomic mass is 16.2. The maximum Gasteiger partial charge on any atom is 0.261 e. The molecule has 0 bridgehead atoms. The van der Waals surface area contributed by atoms with Gasteiger partial charge < -0.3 is 0 Å². The molecule has 25 heavy (non-hydrogen) atoms. The fourth-order valence-corrected chi connectivity index (χ4v) is 2.80. The maximum absolute atomic E-state index is 12.5. The second kappa shape index (κ2) is 6.96. The average Bonchev–Trinajstić information content (AvgIpc) is 2.89. The molecule has 1 aliphatic rings. The first-order valence-corrected chi connectivity index (χ1v) is 7.62. The summed E-state index contributed by atoms with van der Waals surface area (Å²) in [5.74, 6) is -2.19. The Hall–Kier alpha value is -3.48. The molecule has 0 radical (unpaired) electrons. The van der Waals surface area contributed by atoms with Crippen LogP contribution in [-0.4, -0.2) is 35.6 Å². The zero-order chi connectivity index (χ0) is 17.8. The van der Waals surface area contributed by atoms with E-state index in [0.29, 0.717) is 23.1 Å². The van der Waals surface area contributed by atoms with E-state index in [0.717, 1.165) is 4.90 Å². The Kier molecular flexibility index (Phi) is 4.56. The van der Waals surface area contributed by atoms with Crippen LogP contribution in [0.25, 0.3) is 0 Å². The van der Waals surface area contributed by atoms with Crippen molar-refractivity contribution in [2.45, 2.75) is 5.92 Å². The monoisotopic (exact) mass is 337 g/mol. The molecule has 0 spiro atoms. The van der Waals surface area contributed by atoms with Crippen LogP contribution in [0.1, 0.15) is 32.2 Å². The maximum atomic E-state index is 12.5. The lowest BCUT2D eigenvalue weighted by molar-refractivity contribution is -0.126. The normalized spacial score (nSPS) is 14.0. The van der Waals surface area contributed by atoms with Crippen molar-refractivity contribution < 1.29 is 19.2 Å². The molecule has 4 amide bonds. The molecule has 0 fully saturated rings. The average molecular weight is 337 g/mol. The predicted molar refractivity (Wildman–Crippen MR) is 88.3 cm³/mol. The number of hydrazine groups is 1. The molecule has 3 rings (SSSR count). The highest BCUT2D eigenvalue weighted by molar-refractivity contribution is 6.21. The van der Waals surface area contributed by atoms with Crippen LogP contribution in [0, 0.1) is 0 Å². The fourth-order valence-electron chi connectivity index (χ4n) is 2.80. The quantitative estimate of drug-likeness (QED) is 0.464. The van der Waals surface area contributed by atoms with Gasteiger partial charge in [-0.2, -0.15) is 0 Å². The Labute approximate surface area is 143 Å². The summed E-state index contributed by atoms with van der Waals surface area (Å²) < 4.78 is 0. The molecule has 0 aliphatic carbocycles. The first kappa shape index (κ1) is 16.4. The molecule has 1 atom stereocenters. The molecule has 1 aliphatic heterocycles. The van der Waals surface area contributed by atoms with Crippen molar-refractivity contribution in [3.63, 3.8) is 0 Å². The van der Waals surface area contributed by atoms with Gasteiger partial charge in [0, 0.05) is 6.54 Å². The number of carbonyl (C=O) groups excluding carboxylic acids is 4. The third-order valence-corrected chi connectivity index (χ3v) is 4.02. The fraction of sp³-hybridized carbons (Fsp3) is 0.111. The Morgan fingerprint density at radius 3 is 2.08 bits per heavy atom. The molecule has 2 aromatic carbocycles. The largest absolute Gasteiger partial charge is 0.277 e. The zero-order valence-corrected chi connectivity index (χ0v) is 13.1. The lowest BCUT2D eigenvalue weighted by Gasteiger charge is -2.22.